The number of hydrogen-bond acceptors (Lipinski definition) is 3. The molecule has 0 radical (unpaired) electrons. The van der Waals surface area contributed by atoms with Crippen LogP contribution in [0.2, 0.25) is 0 Å². The van der Waals surface area contributed by atoms with E-state index in [4.69, 9.17) is 4.74 Å². The number of ketones is 1. The maximum Gasteiger partial charge on any atom is 0.198 e. The van der Waals surface area contributed by atoms with Gasteiger partial charge in [0.05, 0.1) is 5.57 Å². The number of benzene rings is 1. The molecule has 0 unspecified atom stereocenters. The third-order valence-electron chi connectivity index (χ3n) is 3.86. The fraction of sp³-hybridized carbons (Fsp3) is 0.421. The zero-order valence-electron chi connectivity index (χ0n) is 14.0. The smallest absolute Gasteiger partial charge is 0.198 e. The number of carbonyl (C=O) groups is 1. The molecule has 22 heavy (non-hydrogen) atoms. The van der Waals surface area contributed by atoms with E-state index in [-0.39, 0.29) is 11.5 Å². The summed E-state index contributed by atoms with van der Waals surface area (Å²) in [6.07, 6.45) is 0. The van der Waals surface area contributed by atoms with Gasteiger partial charge in [-0.15, -0.1) is 5.92 Å². The number of aliphatic hydroxyl groups excluding tert-OH is 1. The summed E-state index contributed by atoms with van der Waals surface area (Å²) in [5.41, 5.74) is 0.995. The first-order valence-electron chi connectivity index (χ1n) is 7.32. The number of aliphatic hydroxyl groups is 1. The molecule has 1 aliphatic rings. The van der Waals surface area contributed by atoms with Crippen molar-refractivity contribution in [3.63, 3.8) is 0 Å². The molecule has 116 valence electrons. The van der Waals surface area contributed by atoms with E-state index in [1.165, 1.54) is 0 Å². The lowest BCUT2D eigenvalue weighted by molar-refractivity contribution is -0.158. The molecule has 3 nitrogen and oxygen atoms in total. The second-order valence-corrected chi connectivity index (χ2v) is 6.58. The summed E-state index contributed by atoms with van der Waals surface area (Å²) in [5.74, 6) is 5.62. The predicted octanol–water partition coefficient (Wildman–Crippen LogP) is 3.79. The fourth-order valence-corrected chi connectivity index (χ4v) is 2.86. The Bertz CT molecular complexity index is 725. The summed E-state index contributed by atoms with van der Waals surface area (Å²) in [7, 11) is 0. The summed E-state index contributed by atoms with van der Waals surface area (Å²) in [6, 6.07) is 5.63. The zero-order valence-corrected chi connectivity index (χ0v) is 14.0. The summed E-state index contributed by atoms with van der Waals surface area (Å²) in [4.78, 5) is 12.7. The van der Waals surface area contributed by atoms with Crippen LogP contribution in [0.5, 0.6) is 0 Å². The van der Waals surface area contributed by atoms with Crippen molar-refractivity contribution >= 4 is 11.4 Å². The van der Waals surface area contributed by atoms with Crippen molar-refractivity contribution < 1.29 is 14.6 Å². The van der Waals surface area contributed by atoms with E-state index < -0.39 is 11.2 Å². The molecular weight excluding hydrogens is 276 g/mol. The van der Waals surface area contributed by atoms with Crippen LogP contribution >= 0.6 is 0 Å². The number of rotatable bonds is 1. The maximum atomic E-state index is 12.7. The van der Waals surface area contributed by atoms with Gasteiger partial charge < -0.3 is 9.84 Å². The van der Waals surface area contributed by atoms with Crippen LogP contribution in [0.3, 0.4) is 0 Å². The second-order valence-electron chi connectivity index (χ2n) is 6.58. The van der Waals surface area contributed by atoms with Gasteiger partial charge >= 0.3 is 0 Å². The van der Waals surface area contributed by atoms with Gasteiger partial charge in [0, 0.05) is 5.56 Å². The molecule has 0 spiro atoms. The highest BCUT2D eigenvalue weighted by atomic mass is 16.5. The van der Waals surface area contributed by atoms with Crippen molar-refractivity contribution in [3.05, 3.63) is 40.6 Å². The minimum atomic E-state index is -0.973. The Morgan fingerprint density at radius 2 is 1.77 bits per heavy atom. The molecule has 0 aliphatic carbocycles. The quantitative estimate of drug-likeness (QED) is 0.802. The van der Waals surface area contributed by atoms with Crippen molar-refractivity contribution in [1.29, 1.82) is 0 Å². The third kappa shape index (κ3) is 2.67. The van der Waals surface area contributed by atoms with Crippen molar-refractivity contribution in [2.75, 3.05) is 0 Å². The Morgan fingerprint density at radius 1 is 1.14 bits per heavy atom. The second kappa shape index (κ2) is 5.30. The number of hydrogen-bond donors (Lipinski definition) is 1. The van der Waals surface area contributed by atoms with Crippen molar-refractivity contribution in [1.82, 2.24) is 0 Å². The summed E-state index contributed by atoms with van der Waals surface area (Å²) in [6.45, 7) is 10.7. The molecule has 1 N–H and O–H groups in total. The molecule has 0 aromatic heterocycles. The van der Waals surface area contributed by atoms with Gasteiger partial charge in [-0.3, -0.25) is 4.79 Å². The minimum absolute atomic E-state index is 0.0192. The van der Waals surface area contributed by atoms with Gasteiger partial charge in [-0.25, -0.2) is 0 Å². The first-order chi connectivity index (χ1) is 10.1. The van der Waals surface area contributed by atoms with Gasteiger partial charge in [-0.05, 0) is 64.8 Å². The largest absolute Gasteiger partial charge is 0.508 e. The zero-order chi connectivity index (χ0) is 16.7. The van der Waals surface area contributed by atoms with Gasteiger partial charge in [0.25, 0.3) is 0 Å². The highest BCUT2D eigenvalue weighted by Gasteiger charge is 2.47. The van der Waals surface area contributed by atoms with Crippen LogP contribution in [0.15, 0.2) is 24.0 Å². The Hall–Kier alpha value is -2.05. The topological polar surface area (TPSA) is 46.5 Å². The predicted molar refractivity (Wildman–Crippen MR) is 87.5 cm³/mol. The fourth-order valence-electron chi connectivity index (χ4n) is 2.86. The highest BCUT2D eigenvalue weighted by Crippen LogP contribution is 2.40. The minimum Gasteiger partial charge on any atom is -0.508 e. The van der Waals surface area contributed by atoms with E-state index >= 15 is 0 Å². The van der Waals surface area contributed by atoms with Crippen molar-refractivity contribution in [3.8, 4) is 11.8 Å². The molecule has 0 amide bonds. The molecule has 3 heteroatoms. The lowest BCUT2D eigenvalue weighted by atomic mass is 9.81. The molecule has 0 fully saturated rings. The van der Waals surface area contributed by atoms with E-state index in [1.54, 1.807) is 34.6 Å². The molecule has 1 heterocycles. The van der Waals surface area contributed by atoms with Gasteiger partial charge in [0.15, 0.2) is 5.78 Å². The average Bonchev–Trinajstić information content (AvgIpc) is 2.39. The molecular formula is C19H22O3. The molecule has 0 bridgehead atoms. The van der Waals surface area contributed by atoms with Crippen LogP contribution in [0.25, 0.3) is 5.57 Å². The van der Waals surface area contributed by atoms with E-state index in [0.29, 0.717) is 5.57 Å². The highest BCUT2D eigenvalue weighted by molar-refractivity contribution is 6.26. The molecule has 1 aromatic rings. The summed E-state index contributed by atoms with van der Waals surface area (Å²) in [5, 5.41) is 10.6. The molecule has 1 aliphatic heterocycles. The Balaban J connectivity index is 2.67. The van der Waals surface area contributed by atoms with Crippen LogP contribution in [0.1, 0.15) is 51.3 Å². The van der Waals surface area contributed by atoms with Gasteiger partial charge in [-0.1, -0.05) is 12.0 Å². The number of ether oxygens (including phenoxy) is 1. The average molecular weight is 298 g/mol. The van der Waals surface area contributed by atoms with E-state index in [9.17, 15) is 9.90 Å². The summed E-state index contributed by atoms with van der Waals surface area (Å²) < 4.78 is 5.76. The lowest BCUT2D eigenvalue weighted by Gasteiger charge is -2.40. The third-order valence-corrected chi connectivity index (χ3v) is 3.86. The maximum absolute atomic E-state index is 12.7. The van der Waals surface area contributed by atoms with E-state index in [0.717, 1.165) is 16.7 Å². The molecule has 2 rings (SSSR count). The van der Waals surface area contributed by atoms with E-state index in [1.807, 2.05) is 25.1 Å². The Kier molecular flexibility index (Phi) is 3.93. The Morgan fingerprint density at radius 3 is 2.32 bits per heavy atom. The van der Waals surface area contributed by atoms with Crippen molar-refractivity contribution in [2.45, 2.75) is 52.7 Å². The monoisotopic (exact) mass is 298 g/mol. The first-order valence-corrected chi connectivity index (χ1v) is 7.32. The van der Waals surface area contributed by atoms with Crippen LogP contribution < -0.4 is 0 Å². The number of aryl methyl sites for hydroxylation is 1. The van der Waals surface area contributed by atoms with Crippen LogP contribution in [0, 0.1) is 18.8 Å². The normalized spacial score (nSPS) is 19.6. The van der Waals surface area contributed by atoms with Crippen LogP contribution in [-0.2, 0) is 9.53 Å². The summed E-state index contributed by atoms with van der Waals surface area (Å²) >= 11 is 0. The molecule has 0 saturated heterocycles. The molecule has 1 aromatic carbocycles. The molecule has 0 atom stereocenters. The number of Topliss-reactive ketones (excluding diaryl/α,β-unsaturated/α-hetero) is 1. The molecule has 0 saturated carbocycles. The standard InChI is InChI=1S/C19H22O3/c1-7-8-13-9-10-14(12(2)11-13)15-16(20)18(3,4)22-19(5,6)17(15)21/h9-11,20H,1-6H3. The van der Waals surface area contributed by atoms with Gasteiger partial charge in [0.1, 0.15) is 17.0 Å². The SMILES string of the molecule is CC#Cc1ccc(C2=C(O)C(C)(C)OC(C)(C)C2=O)c(C)c1. The lowest BCUT2D eigenvalue weighted by Crippen LogP contribution is -2.49. The Labute approximate surface area is 132 Å². The van der Waals surface area contributed by atoms with E-state index in [2.05, 4.69) is 11.8 Å². The van der Waals surface area contributed by atoms with Crippen LogP contribution in [-0.4, -0.2) is 22.1 Å². The van der Waals surface area contributed by atoms with Gasteiger partial charge in [-0.2, -0.15) is 0 Å². The van der Waals surface area contributed by atoms with Gasteiger partial charge in [0.2, 0.25) is 0 Å². The first kappa shape index (κ1) is 16.3. The van der Waals surface area contributed by atoms with Crippen LogP contribution in [0.4, 0.5) is 0 Å². The van der Waals surface area contributed by atoms with Crippen molar-refractivity contribution in [2.24, 2.45) is 0 Å². The number of carbonyl (C=O) groups excluding carboxylic acids is 1.